The predicted octanol–water partition coefficient (Wildman–Crippen LogP) is 1.92. The van der Waals surface area contributed by atoms with E-state index in [1.54, 1.807) is 11.6 Å². The number of halogens is 1. The maximum Gasteiger partial charge on any atom is 0.276 e. The zero-order valence-electron chi connectivity index (χ0n) is 16.0. The highest BCUT2D eigenvalue weighted by Gasteiger charge is 2.55. The zero-order valence-corrected chi connectivity index (χ0v) is 17.5. The van der Waals surface area contributed by atoms with Crippen LogP contribution in [0.2, 0.25) is 5.15 Å². The maximum atomic E-state index is 11.5. The van der Waals surface area contributed by atoms with E-state index in [1.165, 1.54) is 4.31 Å². The molecule has 1 saturated carbocycles. The van der Waals surface area contributed by atoms with E-state index in [0.717, 1.165) is 48.7 Å². The number of fused-ring (bicyclic) bond motifs is 1. The highest BCUT2D eigenvalue weighted by atomic mass is 35.5. The van der Waals surface area contributed by atoms with Gasteiger partial charge >= 0.3 is 0 Å². The molecule has 2 aliphatic rings. The van der Waals surface area contributed by atoms with E-state index >= 15 is 0 Å². The van der Waals surface area contributed by atoms with Gasteiger partial charge in [-0.05, 0) is 31.4 Å². The molecular weight excluding hydrogens is 388 g/mol. The van der Waals surface area contributed by atoms with Crippen LogP contribution in [0.3, 0.4) is 0 Å². The van der Waals surface area contributed by atoms with Crippen molar-refractivity contribution in [2.24, 2.45) is 10.6 Å². The van der Waals surface area contributed by atoms with Crippen LogP contribution in [0.4, 0.5) is 5.82 Å². The Hall–Kier alpha value is -1.42. The number of aryl methyl sites for hydroxylation is 1. The van der Waals surface area contributed by atoms with E-state index in [0.29, 0.717) is 5.15 Å². The third kappa shape index (κ3) is 3.00. The number of anilines is 1. The monoisotopic (exact) mass is 412 g/mol. The Bertz CT molecular complexity index is 1000. The van der Waals surface area contributed by atoms with Crippen LogP contribution in [0.15, 0.2) is 6.07 Å². The quantitative estimate of drug-likeness (QED) is 0.827. The lowest BCUT2D eigenvalue weighted by Gasteiger charge is -2.60. The minimum atomic E-state index is -3.63. The molecule has 0 unspecified atom stereocenters. The zero-order chi connectivity index (χ0) is 19.7. The van der Waals surface area contributed by atoms with Crippen LogP contribution < -0.4 is 10.0 Å². The summed E-state index contributed by atoms with van der Waals surface area (Å²) >= 11 is 6.36. The van der Waals surface area contributed by atoms with E-state index in [-0.39, 0.29) is 17.4 Å². The van der Waals surface area contributed by atoms with Crippen molar-refractivity contribution in [3.05, 3.63) is 22.6 Å². The average molecular weight is 413 g/mol. The van der Waals surface area contributed by atoms with Gasteiger partial charge < -0.3 is 4.90 Å². The Morgan fingerprint density at radius 2 is 2.00 bits per heavy atom. The summed E-state index contributed by atoms with van der Waals surface area (Å²) in [5, 5.41) is 10.4. The lowest BCUT2D eigenvalue weighted by molar-refractivity contribution is 0.0207. The van der Waals surface area contributed by atoms with Gasteiger partial charge in [0.1, 0.15) is 10.7 Å². The van der Waals surface area contributed by atoms with E-state index < -0.39 is 10.2 Å². The van der Waals surface area contributed by atoms with Gasteiger partial charge in [-0.3, -0.25) is 0 Å². The molecule has 27 heavy (non-hydrogen) atoms. The van der Waals surface area contributed by atoms with Crippen molar-refractivity contribution >= 4 is 33.1 Å². The number of nitrogens with two attached hydrogens (primary N) is 1. The Balaban J connectivity index is 1.58. The predicted molar refractivity (Wildman–Crippen MR) is 105 cm³/mol. The van der Waals surface area contributed by atoms with E-state index in [2.05, 4.69) is 23.8 Å². The van der Waals surface area contributed by atoms with E-state index in [1.807, 2.05) is 13.0 Å². The molecule has 2 aromatic heterocycles. The second kappa shape index (κ2) is 6.04. The van der Waals surface area contributed by atoms with Gasteiger partial charge in [0.2, 0.25) is 0 Å². The molecule has 148 valence electrons. The van der Waals surface area contributed by atoms with Crippen LogP contribution >= 0.6 is 11.6 Å². The molecule has 3 heterocycles. The van der Waals surface area contributed by atoms with Crippen LogP contribution in [-0.2, 0) is 10.2 Å². The third-order valence-corrected chi connectivity index (χ3v) is 7.25. The molecule has 0 amide bonds. The van der Waals surface area contributed by atoms with Gasteiger partial charge in [-0.1, -0.05) is 25.4 Å². The molecule has 1 spiro atoms. The van der Waals surface area contributed by atoms with Crippen LogP contribution in [0.1, 0.15) is 44.0 Å². The highest BCUT2D eigenvalue weighted by Crippen LogP contribution is 2.51. The number of nitrogens with zero attached hydrogens (tertiary/aromatic N) is 5. The fourth-order valence-corrected chi connectivity index (χ4v) is 5.13. The molecule has 0 aromatic carbocycles. The summed E-state index contributed by atoms with van der Waals surface area (Å²) in [6.07, 6.45) is 1.66. The molecule has 0 bridgehead atoms. The summed E-state index contributed by atoms with van der Waals surface area (Å²) in [7, 11) is -2.07. The molecular formula is C17H25ClN6O2S. The fraction of sp³-hybridized carbons (Fsp3) is 0.647. The summed E-state index contributed by atoms with van der Waals surface area (Å²) in [6.45, 7) is 7.85. The van der Waals surface area contributed by atoms with Gasteiger partial charge in [-0.25, -0.2) is 14.6 Å². The highest BCUT2D eigenvalue weighted by molar-refractivity contribution is 7.86. The molecule has 1 aliphatic carbocycles. The van der Waals surface area contributed by atoms with Crippen molar-refractivity contribution in [1.29, 1.82) is 0 Å². The van der Waals surface area contributed by atoms with Gasteiger partial charge in [0.25, 0.3) is 10.2 Å². The molecule has 2 N–H and O–H groups in total. The molecule has 2 fully saturated rings. The van der Waals surface area contributed by atoms with Crippen LogP contribution in [-0.4, -0.2) is 53.5 Å². The first kappa shape index (κ1) is 18.9. The maximum absolute atomic E-state index is 11.5. The normalized spacial score (nSPS) is 19.9. The largest absolute Gasteiger partial charge is 0.353 e. The molecule has 2 aromatic rings. The summed E-state index contributed by atoms with van der Waals surface area (Å²) in [5.41, 5.74) is 2.14. The van der Waals surface area contributed by atoms with Crippen molar-refractivity contribution in [1.82, 2.24) is 18.9 Å². The van der Waals surface area contributed by atoms with E-state index in [4.69, 9.17) is 21.7 Å². The molecule has 0 atom stereocenters. The third-order valence-electron chi connectivity index (χ3n) is 5.88. The second-order valence-electron chi connectivity index (χ2n) is 8.34. The number of hydrogen-bond donors (Lipinski definition) is 1. The smallest absolute Gasteiger partial charge is 0.276 e. The lowest BCUT2D eigenvalue weighted by atomic mass is 9.60. The minimum Gasteiger partial charge on any atom is -0.353 e. The first-order chi connectivity index (χ1) is 12.5. The Morgan fingerprint density at radius 1 is 1.37 bits per heavy atom. The molecule has 8 nitrogen and oxygen atoms in total. The Morgan fingerprint density at radius 3 is 2.56 bits per heavy atom. The van der Waals surface area contributed by atoms with Gasteiger partial charge in [-0.15, -0.1) is 0 Å². The average Bonchev–Trinajstić information content (AvgIpc) is 2.77. The van der Waals surface area contributed by atoms with Gasteiger partial charge in [0.05, 0.1) is 0 Å². The molecule has 1 saturated heterocycles. The van der Waals surface area contributed by atoms with Crippen molar-refractivity contribution in [2.75, 3.05) is 25.0 Å². The molecule has 4 rings (SSSR count). The second-order valence-corrected chi connectivity index (χ2v) is 10.3. The Kier molecular flexibility index (Phi) is 4.23. The van der Waals surface area contributed by atoms with Crippen molar-refractivity contribution < 1.29 is 8.42 Å². The first-order valence-corrected chi connectivity index (χ1v) is 11.0. The minimum absolute atomic E-state index is 0.0109. The SMILES string of the molecule is Cc1cc(Cl)n2nc(C(C)C)nc(N3CC4(CC(N(C)S(N)(=O)=O)C4)C3)c12. The molecule has 10 heteroatoms. The lowest BCUT2D eigenvalue weighted by Crippen LogP contribution is -2.67. The summed E-state index contributed by atoms with van der Waals surface area (Å²) in [5.74, 6) is 1.86. The van der Waals surface area contributed by atoms with Crippen LogP contribution in [0.5, 0.6) is 0 Å². The van der Waals surface area contributed by atoms with Crippen molar-refractivity contribution in [3.63, 3.8) is 0 Å². The number of hydrogen-bond acceptors (Lipinski definition) is 5. The fourth-order valence-electron chi connectivity index (χ4n) is 4.28. The summed E-state index contributed by atoms with van der Waals surface area (Å²) < 4.78 is 26.1. The van der Waals surface area contributed by atoms with Crippen molar-refractivity contribution in [2.45, 2.75) is 45.6 Å². The number of aromatic nitrogens is 3. The van der Waals surface area contributed by atoms with Crippen LogP contribution in [0, 0.1) is 12.3 Å². The van der Waals surface area contributed by atoms with E-state index in [9.17, 15) is 8.42 Å². The van der Waals surface area contributed by atoms with Gasteiger partial charge in [0, 0.05) is 37.5 Å². The standard InChI is InChI=1S/C17H25ClN6O2S/c1-10(2)15-20-16(14-11(3)5-13(18)24(14)21-15)23-8-17(9-23)6-12(7-17)22(4)27(19,25)26/h5,10,12H,6-9H2,1-4H3,(H2,19,25,26). The molecule has 1 aliphatic heterocycles. The summed E-state index contributed by atoms with van der Waals surface area (Å²) in [4.78, 5) is 7.07. The van der Waals surface area contributed by atoms with Gasteiger partial charge in [0.15, 0.2) is 11.6 Å². The first-order valence-electron chi connectivity index (χ1n) is 9.07. The number of rotatable bonds is 4. The van der Waals surface area contributed by atoms with Crippen molar-refractivity contribution in [3.8, 4) is 0 Å². The topological polar surface area (TPSA) is 96.8 Å². The van der Waals surface area contributed by atoms with Gasteiger partial charge in [-0.2, -0.15) is 17.8 Å². The molecule has 0 radical (unpaired) electrons. The van der Waals surface area contributed by atoms with Crippen LogP contribution in [0.25, 0.3) is 5.52 Å². The Labute approximate surface area is 164 Å². The summed E-state index contributed by atoms with van der Waals surface area (Å²) in [6, 6.07) is 1.90.